The highest BCUT2D eigenvalue weighted by atomic mass is 16.6. The van der Waals surface area contributed by atoms with Crippen LogP contribution in [0.4, 0.5) is 0 Å². The number of hydrogen-bond donors (Lipinski definition) is 0. The SMILES string of the molecule is COCCOCCOCCOCCOCCOCCOCCOCCOCCOCCOCCOCCOCCCCC(=O)C(C)C. The van der Waals surface area contributed by atoms with Crippen LogP contribution in [-0.2, 0) is 66.4 Å². The van der Waals surface area contributed by atoms with E-state index >= 15 is 0 Å². The minimum atomic E-state index is 0.121. The molecule has 14 nitrogen and oxygen atoms in total. The molecule has 0 aliphatic rings. The van der Waals surface area contributed by atoms with Gasteiger partial charge in [0.15, 0.2) is 0 Å². The van der Waals surface area contributed by atoms with E-state index in [-0.39, 0.29) is 5.92 Å². The lowest BCUT2D eigenvalue weighted by Crippen LogP contribution is -2.15. The van der Waals surface area contributed by atoms with E-state index in [4.69, 9.17) is 61.6 Å². The Morgan fingerprint density at radius 1 is 0.340 bits per heavy atom. The second-order valence-corrected chi connectivity index (χ2v) is 10.4. The Hall–Kier alpha value is -0.850. The Morgan fingerprint density at radius 3 is 0.766 bits per heavy atom. The van der Waals surface area contributed by atoms with Crippen molar-refractivity contribution in [2.24, 2.45) is 5.92 Å². The number of Topliss-reactive ketones (excluding diaryl/α,β-unsaturated/α-hetero) is 1. The van der Waals surface area contributed by atoms with E-state index in [1.165, 1.54) is 0 Å². The van der Waals surface area contributed by atoms with Gasteiger partial charge in [0, 0.05) is 26.1 Å². The van der Waals surface area contributed by atoms with Gasteiger partial charge in [-0.05, 0) is 12.8 Å². The molecule has 0 heterocycles. The van der Waals surface area contributed by atoms with E-state index in [2.05, 4.69) is 0 Å². The molecule has 0 aromatic rings. The fourth-order valence-electron chi connectivity index (χ4n) is 3.46. The van der Waals surface area contributed by atoms with Crippen molar-refractivity contribution in [3.63, 3.8) is 0 Å². The third-order valence-electron chi connectivity index (χ3n) is 6.13. The molecule has 0 aromatic heterocycles. The van der Waals surface area contributed by atoms with Gasteiger partial charge in [-0.2, -0.15) is 0 Å². The third kappa shape index (κ3) is 41.2. The lowest BCUT2D eigenvalue weighted by molar-refractivity contribution is -0.122. The van der Waals surface area contributed by atoms with Crippen molar-refractivity contribution in [1.29, 1.82) is 0 Å². The van der Waals surface area contributed by atoms with Gasteiger partial charge in [-0.15, -0.1) is 0 Å². The lowest BCUT2D eigenvalue weighted by Gasteiger charge is -2.09. The summed E-state index contributed by atoms with van der Waals surface area (Å²) >= 11 is 0. The second kappa shape index (κ2) is 41.3. The van der Waals surface area contributed by atoms with Crippen LogP contribution in [0.3, 0.4) is 0 Å². The number of hydrogen-bond acceptors (Lipinski definition) is 14. The molecule has 0 fully saturated rings. The summed E-state index contributed by atoms with van der Waals surface area (Å²) in [6.07, 6.45) is 2.42. The number of carbonyl (C=O) groups is 1. The largest absolute Gasteiger partial charge is 0.382 e. The molecule has 0 rings (SSSR count). The zero-order valence-corrected chi connectivity index (χ0v) is 29.6. The molecule has 0 radical (unpaired) electrons. The van der Waals surface area contributed by atoms with Crippen molar-refractivity contribution in [3.05, 3.63) is 0 Å². The first kappa shape index (κ1) is 46.1. The first-order valence-corrected chi connectivity index (χ1v) is 17.1. The Bertz CT molecular complexity index is 600. The highest BCUT2D eigenvalue weighted by Crippen LogP contribution is 2.04. The molecule has 0 aliphatic heterocycles. The van der Waals surface area contributed by atoms with Crippen LogP contribution < -0.4 is 0 Å². The second-order valence-electron chi connectivity index (χ2n) is 10.4. The molecule has 14 heteroatoms. The van der Waals surface area contributed by atoms with Crippen LogP contribution in [0, 0.1) is 5.92 Å². The van der Waals surface area contributed by atoms with E-state index in [0.717, 1.165) is 12.8 Å². The number of rotatable bonds is 42. The van der Waals surface area contributed by atoms with Gasteiger partial charge >= 0.3 is 0 Å². The van der Waals surface area contributed by atoms with Crippen LogP contribution in [-0.4, -0.2) is 178 Å². The van der Waals surface area contributed by atoms with Gasteiger partial charge in [0.1, 0.15) is 5.78 Å². The normalized spacial score (nSPS) is 11.7. The first-order chi connectivity index (χ1) is 23.2. The molecule has 0 bridgehead atoms. The summed E-state index contributed by atoms with van der Waals surface area (Å²) in [5.41, 5.74) is 0. The molecule has 0 saturated heterocycles. The van der Waals surface area contributed by atoms with Crippen molar-refractivity contribution in [1.82, 2.24) is 0 Å². The zero-order valence-electron chi connectivity index (χ0n) is 29.6. The van der Waals surface area contributed by atoms with Gasteiger partial charge in [-0.25, -0.2) is 0 Å². The molecule has 0 spiro atoms. The van der Waals surface area contributed by atoms with Crippen molar-refractivity contribution in [2.75, 3.05) is 172 Å². The van der Waals surface area contributed by atoms with Crippen molar-refractivity contribution >= 4 is 5.78 Å². The van der Waals surface area contributed by atoms with Crippen molar-refractivity contribution in [3.8, 4) is 0 Å². The average Bonchev–Trinajstić information content (AvgIpc) is 3.07. The standard InChI is InChI=1S/C33H66O14/c1-32(2)33(34)6-4-5-7-36-10-11-38-14-15-40-18-19-42-22-23-44-26-27-46-30-31-47-29-28-45-25-24-43-21-20-41-17-16-39-13-12-37-9-8-35-3/h32H,4-31H2,1-3H3. The van der Waals surface area contributed by atoms with Gasteiger partial charge in [-0.3, -0.25) is 4.79 Å². The molecule has 0 aromatic carbocycles. The number of unbranched alkanes of at least 4 members (excludes halogenated alkanes) is 1. The number of methoxy groups -OCH3 is 1. The average molecular weight is 687 g/mol. The Labute approximate surface area is 283 Å². The van der Waals surface area contributed by atoms with Crippen LogP contribution in [0.2, 0.25) is 0 Å². The van der Waals surface area contributed by atoms with Crippen molar-refractivity contribution in [2.45, 2.75) is 33.1 Å². The monoisotopic (exact) mass is 686 g/mol. The van der Waals surface area contributed by atoms with E-state index < -0.39 is 0 Å². The topological polar surface area (TPSA) is 137 Å². The summed E-state index contributed by atoms with van der Waals surface area (Å²) in [6.45, 7) is 17.1. The number of ether oxygens (including phenoxy) is 13. The molecule has 0 amide bonds. The van der Waals surface area contributed by atoms with Crippen molar-refractivity contribution < 1.29 is 66.4 Å². The Morgan fingerprint density at radius 2 is 0.553 bits per heavy atom. The smallest absolute Gasteiger partial charge is 0.135 e. The molecular formula is C33H66O14. The zero-order chi connectivity index (χ0) is 34.1. The predicted molar refractivity (Wildman–Crippen MR) is 175 cm³/mol. The van der Waals surface area contributed by atoms with E-state index in [0.29, 0.717) is 177 Å². The summed E-state index contributed by atoms with van der Waals surface area (Å²) < 4.78 is 70.3. The fourth-order valence-corrected chi connectivity index (χ4v) is 3.46. The predicted octanol–water partition coefficient (Wildman–Crippen LogP) is 2.23. The lowest BCUT2D eigenvalue weighted by atomic mass is 10.0. The van der Waals surface area contributed by atoms with Gasteiger partial charge in [0.05, 0.1) is 159 Å². The molecule has 282 valence electrons. The maximum absolute atomic E-state index is 11.5. The summed E-state index contributed by atoms with van der Waals surface area (Å²) in [7, 11) is 1.64. The summed E-state index contributed by atoms with van der Waals surface area (Å²) in [5, 5.41) is 0. The summed E-state index contributed by atoms with van der Waals surface area (Å²) in [5.74, 6) is 0.439. The fraction of sp³-hybridized carbons (Fsp3) is 0.970. The van der Waals surface area contributed by atoms with E-state index in [1.807, 2.05) is 13.8 Å². The minimum Gasteiger partial charge on any atom is -0.382 e. The van der Waals surface area contributed by atoms with Gasteiger partial charge in [0.2, 0.25) is 0 Å². The summed E-state index contributed by atoms with van der Waals surface area (Å²) in [4.78, 5) is 11.5. The molecule has 0 saturated carbocycles. The summed E-state index contributed by atoms with van der Waals surface area (Å²) in [6, 6.07) is 0. The molecule has 0 aliphatic carbocycles. The maximum Gasteiger partial charge on any atom is 0.135 e. The molecule has 0 N–H and O–H groups in total. The van der Waals surface area contributed by atoms with Crippen LogP contribution in [0.1, 0.15) is 33.1 Å². The van der Waals surface area contributed by atoms with E-state index in [1.54, 1.807) is 7.11 Å². The van der Waals surface area contributed by atoms with Crippen LogP contribution in [0.15, 0.2) is 0 Å². The molecule has 47 heavy (non-hydrogen) atoms. The minimum absolute atomic E-state index is 0.121. The Kier molecular flexibility index (Phi) is 40.6. The quantitative estimate of drug-likeness (QED) is 0.0868. The first-order valence-electron chi connectivity index (χ1n) is 17.1. The van der Waals surface area contributed by atoms with Crippen LogP contribution >= 0.6 is 0 Å². The molecular weight excluding hydrogens is 620 g/mol. The third-order valence-corrected chi connectivity index (χ3v) is 6.13. The maximum atomic E-state index is 11.5. The molecule has 0 unspecified atom stereocenters. The van der Waals surface area contributed by atoms with Gasteiger partial charge < -0.3 is 61.6 Å². The number of carbonyl (C=O) groups excluding carboxylic acids is 1. The Balaban J connectivity index is 3.06. The van der Waals surface area contributed by atoms with Crippen LogP contribution in [0.25, 0.3) is 0 Å². The highest BCUT2D eigenvalue weighted by molar-refractivity contribution is 5.80. The van der Waals surface area contributed by atoms with Gasteiger partial charge in [0.25, 0.3) is 0 Å². The highest BCUT2D eigenvalue weighted by Gasteiger charge is 2.05. The van der Waals surface area contributed by atoms with E-state index in [9.17, 15) is 4.79 Å². The molecule has 0 atom stereocenters. The van der Waals surface area contributed by atoms with Crippen LogP contribution in [0.5, 0.6) is 0 Å². The van der Waals surface area contributed by atoms with Gasteiger partial charge in [-0.1, -0.05) is 13.8 Å². The number of ketones is 1.